The Kier molecular flexibility index (Phi) is 8.47. The zero-order valence-electron chi connectivity index (χ0n) is 24.9. The fourth-order valence-corrected chi connectivity index (χ4v) is 6.00. The van der Waals surface area contributed by atoms with Crippen LogP contribution in [0.2, 0.25) is 0 Å². The second-order valence-electron chi connectivity index (χ2n) is 12.1. The van der Waals surface area contributed by atoms with Gasteiger partial charge in [0.1, 0.15) is 0 Å². The summed E-state index contributed by atoms with van der Waals surface area (Å²) >= 11 is 0. The highest BCUT2D eigenvalue weighted by atomic mass is 19.4. The van der Waals surface area contributed by atoms with Gasteiger partial charge in [-0.3, -0.25) is 9.59 Å². The number of fused-ring (bicyclic) bond motifs is 1. The van der Waals surface area contributed by atoms with Crippen LogP contribution in [0.5, 0.6) is 0 Å². The molecular weight excluding hydrogens is 557 g/mol. The van der Waals surface area contributed by atoms with E-state index in [-0.39, 0.29) is 36.3 Å². The standard InChI is InChI=1S/C32H37F3N6O2/c1-31(2)28-22(6-5-7-26(28)38-29(31)43)10-13-25-24(32(33,34)35)18-36-30(39-25)37-23-11-8-20(9-12-23)21-14-16-41(17-15-21)27(42)19-40(3)4/h5-9,11-12,18,21H,10,13-17,19H2,1-4H3,(H,38,43)(H,36,37,39). The number of nitrogens with one attached hydrogen (secondary N) is 2. The molecule has 1 saturated heterocycles. The van der Waals surface area contributed by atoms with Crippen molar-refractivity contribution in [3.05, 3.63) is 76.6 Å². The summed E-state index contributed by atoms with van der Waals surface area (Å²) in [7, 11) is 3.77. The second-order valence-corrected chi connectivity index (χ2v) is 12.1. The highest BCUT2D eigenvalue weighted by Crippen LogP contribution is 2.40. The molecular formula is C32H37F3N6O2. The normalized spacial score (nSPS) is 16.7. The first-order valence-corrected chi connectivity index (χ1v) is 14.5. The van der Waals surface area contributed by atoms with Crippen LogP contribution >= 0.6 is 0 Å². The Balaban J connectivity index is 1.27. The zero-order chi connectivity index (χ0) is 30.9. The van der Waals surface area contributed by atoms with Crippen LogP contribution in [0.15, 0.2) is 48.7 Å². The Bertz CT molecular complexity index is 1500. The molecule has 1 aromatic heterocycles. The minimum absolute atomic E-state index is 0.0292. The van der Waals surface area contributed by atoms with Crippen LogP contribution in [0, 0.1) is 0 Å². The molecule has 8 nitrogen and oxygen atoms in total. The number of alkyl halides is 3. The number of nitrogens with zero attached hydrogens (tertiary/aromatic N) is 4. The van der Waals surface area contributed by atoms with Gasteiger partial charge in [-0.05, 0) is 94.4 Å². The number of likely N-dealkylation sites (N-methyl/N-ethyl adjacent to an activating group) is 1. The van der Waals surface area contributed by atoms with Gasteiger partial charge in [0.15, 0.2) is 0 Å². The summed E-state index contributed by atoms with van der Waals surface area (Å²) in [6.45, 7) is 5.47. The average Bonchev–Trinajstić information content (AvgIpc) is 3.19. The van der Waals surface area contributed by atoms with Crippen molar-refractivity contribution in [1.29, 1.82) is 0 Å². The van der Waals surface area contributed by atoms with E-state index in [4.69, 9.17) is 0 Å². The highest BCUT2D eigenvalue weighted by molar-refractivity contribution is 6.06. The first kappa shape index (κ1) is 30.5. The molecule has 2 aliphatic rings. The minimum Gasteiger partial charge on any atom is -0.342 e. The van der Waals surface area contributed by atoms with E-state index in [9.17, 15) is 22.8 Å². The number of aromatic nitrogens is 2. The monoisotopic (exact) mass is 594 g/mol. The molecule has 43 heavy (non-hydrogen) atoms. The first-order chi connectivity index (χ1) is 20.3. The van der Waals surface area contributed by atoms with Gasteiger partial charge in [-0.2, -0.15) is 13.2 Å². The Morgan fingerprint density at radius 3 is 2.44 bits per heavy atom. The number of amides is 2. The molecule has 2 amide bonds. The molecule has 0 radical (unpaired) electrons. The van der Waals surface area contributed by atoms with E-state index in [1.54, 1.807) is 12.1 Å². The summed E-state index contributed by atoms with van der Waals surface area (Å²) in [5, 5.41) is 5.91. The topological polar surface area (TPSA) is 90.5 Å². The molecule has 2 aliphatic heterocycles. The van der Waals surface area contributed by atoms with E-state index < -0.39 is 17.2 Å². The van der Waals surface area contributed by atoms with Crippen LogP contribution < -0.4 is 10.6 Å². The van der Waals surface area contributed by atoms with Crippen molar-refractivity contribution in [2.24, 2.45) is 0 Å². The van der Waals surface area contributed by atoms with Crippen LogP contribution in [0.1, 0.15) is 60.6 Å². The lowest BCUT2D eigenvalue weighted by atomic mass is 9.82. The molecule has 3 heterocycles. The van der Waals surface area contributed by atoms with E-state index in [0.29, 0.717) is 23.8 Å². The van der Waals surface area contributed by atoms with Crippen LogP contribution in [-0.2, 0) is 34.0 Å². The van der Waals surface area contributed by atoms with Gasteiger partial charge < -0.3 is 20.4 Å². The molecule has 5 rings (SSSR count). The number of carbonyl (C=O) groups excluding carboxylic acids is 2. The Labute approximate surface area is 249 Å². The highest BCUT2D eigenvalue weighted by Gasteiger charge is 2.40. The Morgan fingerprint density at radius 2 is 1.79 bits per heavy atom. The first-order valence-electron chi connectivity index (χ1n) is 14.5. The summed E-state index contributed by atoms with van der Waals surface area (Å²) in [6, 6.07) is 13.2. The maximum Gasteiger partial charge on any atom is 0.419 e. The molecule has 228 valence electrons. The van der Waals surface area contributed by atoms with Crippen LogP contribution in [0.4, 0.5) is 30.5 Å². The van der Waals surface area contributed by atoms with Crippen molar-refractivity contribution in [3.63, 3.8) is 0 Å². The van der Waals surface area contributed by atoms with Crippen molar-refractivity contribution in [2.75, 3.05) is 44.4 Å². The second kappa shape index (κ2) is 11.9. The number of rotatable bonds is 8. The lowest BCUT2D eigenvalue weighted by molar-refractivity contribution is -0.138. The summed E-state index contributed by atoms with van der Waals surface area (Å²) in [5.41, 5.74) is 2.39. The van der Waals surface area contributed by atoms with E-state index in [1.165, 1.54) is 0 Å². The predicted octanol–water partition coefficient (Wildman–Crippen LogP) is 5.52. The van der Waals surface area contributed by atoms with Crippen molar-refractivity contribution < 1.29 is 22.8 Å². The van der Waals surface area contributed by atoms with E-state index in [0.717, 1.165) is 48.8 Å². The molecule has 1 fully saturated rings. The molecule has 0 spiro atoms. The molecule has 0 atom stereocenters. The van der Waals surface area contributed by atoms with Crippen molar-refractivity contribution >= 4 is 29.1 Å². The molecule has 0 saturated carbocycles. The summed E-state index contributed by atoms with van der Waals surface area (Å²) in [5.74, 6) is 0.425. The lowest BCUT2D eigenvalue weighted by Gasteiger charge is -2.33. The third kappa shape index (κ3) is 6.66. The number of hydrogen-bond donors (Lipinski definition) is 2. The Hall–Kier alpha value is -3.99. The number of piperidine rings is 1. The fraction of sp³-hybridized carbons (Fsp3) is 0.438. The van der Waals surface area contributed by atoms with Crippen LogP contribution in [-0.4, -0.2) is 65.3 Å². The van der Waals surface area contributed by atoms with Gasteiger partial charge in [-0.1, -0.05) is 24.3 Å². The maximum atomic E-state index is 13.9. The summed E-state index contributed by atoms with van der Waals surface area (Å²) in [4.78, 5) is 36.8. The smallest absolute Gasteiger partial charge is 0.342 e. The molecule has 0 aliphatic carbocycles. The number of likely N-dealkylation sites (tertiary alicyclic amines) is 1. The lowest BCUT2D eigenvalue weighted by Crippen LogP contribution is -2.42. The largest absolute Gasteiger partial charge is 0.419 e. The number of hydrogen-bond acceptors (Lipinski definition) is 6. The van der Waals surface area contributed by atoms with Crippen molar-refractivity contribution in [1.82, 2.24) is 19.8 Å². The molecule has 2 N–H and O–H groups in total. The number of carbonyl (C=O) groups is 2. The predicted molar refractivity (Wildman–Crippen MR) is 159 cm³/mol. The van der Waals surface area contributed by atoms with E-state index >= 15 is 0 Å². The third-order valence-electron chi connectivity index (χ3n) is 8.33. The van der Waals surface area contributed by atoms with E-state index in [1.807, 2.05) is 68.1 Å². The number of benzene rings is 2. The van der Waals surface area contributed by atoms with Crippen LogP contribution in [0.25, 0.3) is 0 Å². The van der Waals surface area contributed by atoms with Gasteiger partial charge in [0.05, 0.1) is 23.2 Å². The van der Waals surface area contributed by atoms with Crippen LogP contribution in [0.3, 0.4) is 0 Å². The third-order valence-corrected chi connectivity index (χ3v) is 8.33. The minimum atomic E-state index is -4.60. The average molecular weight is 595 g/mol. The molecule has 11 heteroatoms. The Morgan fingerprint density at radius 1 is 1.09 bits per heavy atom. The number of anilines is 3. The quantitative estimate of drug-likeness (QED) is 0.357. The summed E-state index contributed by atoms with van der Waals surface area (Å²) < 4.78 is 41.7. The fourth-order valence-electron chi connectivity index (χ4n) is 6.00. The summed E-state index contributed by atoms with van der Waals surface area (Å²) in [6.07, 6.45) is -1.70. The maximum absolute atomic E-state index is 13.9. The van der Waals surface area contributed by atoms with E-state index in [2.05, 4.69) is 20.6 Å². The number of aryl methyl sites for hydroxylation is 2. The van der Waals surface area contributed by atoms with Gasteiger partial charge in [-0.15, -0.1) is 0 Å². The SMILES string of the molecule is CN(C)CC(=O)N1CCC(c2ccc(Nc3ncc(C(F)(F)F)c(CCc4cccc5c4C(C)(C)C(=O)N5)n3)cc2)CC1. The van der Waals surface area contributed by atoms with Gasteiger partial charge in [-0.25, -0.2) is 9.97 Å². The van der Waals surface area contributed by atoms with Crippen molar-refractivity contribution in [3.8, 4) is 0 Å². The molecule has 0 bridgehead atoms. The van der Waals surface area contributed by atoms with Crippen molar-refractivity contribution in [2.45, 2.75) is 57.0 Å². The molecule has 3 aromatic rings. The molecule has 2 aromatic carbocycles. The van der Waals surface area contributed by atoms with Gasteiger partial charge in [0, 0.05) is 30.7 Å². The zero-order valence-corrected chi connectivity index (χ0v) is 24.9. The van der Waals surface area contributed by atoms with Gasteiger partial charge in [0.2, 0.25) is 17.8 Å². The van der Waals surface area contributed by atoms with Gasteiger partial charge in [0.25, 0.3) is 0 Å². The number of halogens is 3. The molecule has 0 unspecified atom stereocenters. The van der Waals surface area contributed by atoms with Gasteiger partial charge >= 0.3 is 6.18 Å².